The van der Waals surface area contributed by atoms with Crippen LogP contribution < -0.4 is 5.32 Å². The lowest BCUT2D eigenvalue weighted by Gasteiger charge is -2.15. The Morgan fingerprint density at radius 2 is 2.19 bits per heavy atom. The molecule has 0 atom stereocenters. The van der Waals surface area contributed by atoms with Gasteiger partial charge < -0.3 is 5.32 Å². The molecule has 0 aliphatic heterocycles. The molecule has 0 saturated carbocycles. The number of aryl methyl sites for hydroxylation is 1. The number of benzene rings is 1. The molecule has 5 rings (SSSR count). The number of carbonyl (C=O) groups excluding carboxylic acids is 1. The number of fused-ring (bicyclic) bond motifs is 3. The molecule has 0 fully saturated rings. The topological polar surface area (TPSA) is 77.1 Å². The van der Waals surface area contributed by atoms with E-state index in [4.69, 9.17) is 23.3 Å². The molecule has 0 saturated heterocycles. The summed E-state index contributed by atoms with van der Waals surface area (Å²) in [6.45, 7) is 8.70. The third-order valence-corrected chi connectivity index (χ3v) is 6.34. The first-order valence-corrected chi connectivity index (χ1v) is 10.7. The van der Waals surface area contributed by atoms with Gasteiger partial charge >= 0.3 is 0 Å². The number of thiazole rings is 1. The molecule has 0 spiro atoms. The standard InChI is InChI=1S/C22H15ClN6OS/c1-12(30)26-22-27-17-7-6-15-19(13-4-3-9-25-11-13)28-29(20(15)21(17)31-22)18-8-5-14(24-2)10-16(18)23/h3-5,8-11H,6-7H2,1H3,(H,26,27,30). The minimum Gasteiger partial charge on any atom is -0.302 e. The maximum atomic E-state index is 11.5. The molecule has 7 nitrogen and oxygen atoms in total. The van der Waals surface area contributed by atoms with Crippen molar-refractivity contribution in [3.8, 4) is 27.5 Å². The van der Waals surface area contributed by atoms with E-state index in [1.54, 1.807) is 30.6 Å². The fourth-order valence-corrected chi connectivity index (χ4v) is 5.09. The Hall–Kier alpha value is -3.54. The van der Waals surface area contributed by atoms with Gasteiger partial charge in [-0.05, 0) is 37.1 Å². The number of nitrogens with zero attached hydrogens (tertiary/aromatic N) is 5. The van der Waals surface area contributed by atoms with Gasteiger partial charge in [-0.1, -0.05) is 29.0 Å². The van der Waals surface area contributed by atoms with E-state index < -0.39 is 0 Å². The van der Waals surface area contributed by atoms with Crippen molar-refractivity contribution in [3.05, 3.63) is 70.4 Å². The highest BCUT2D eigenvalue weighted by atomic mass is 35.5. The molecule has 3 heterocycles. The number of rotatable bonds is 3. The summed E-state index contributed by atoms with van der Waals surface area (Å²) in [6.07, 6.45) is 5.03. The number of aromatic nitrogens is 4. The number of carbonyl (C=O) groups is 1. The second kappa shape index (κ2) is 7.61. The second-order valence-corrected chi connectivity index (χ2v) is 8.46. The molecular weight excluding hydrogens is 432 g/mol. The van der Waals surface area contributed by atoms with Crippen molar-refractivity contribution in [2.75, 3.05) is 5.32 Å². The van der Waals surface area contributed by atoms with Crippen molar-refractivity contribution in [2.24, 2.45) is 0 Å². The van der Waals surface area contributed by atoms with Gasteiger partial charge in [0.1, 0.15) is 0 Å². The van der Waals surface area contributed by atoms with Crippen LogP contribution in [-0.4, -0.2) is 25.7 Å². The quantitative estimate of drug-likeness (QED) is 0.432. The SMILES string of the molecule is [C-]#[N+]c1ccc(-n2nc(-c3cccnc3)c3c2-c2sc(NC(C)=O)nc2CC3)c(Cl)c1. The van der Waals surface area contributed by atoms with Gasteiger partial charge in [-0.15, -0.1) is 0 Å². The van der Waals surface area contributed by atoms with Crippen LogP contribution in [-0.2, 0) is 17.6 Å². The van der Waals surface area contributed by atoms with Crippen molar-refractivity contribution in [1.29, 1.82) is 0 Å². The Morgan fingerprint density at radius 3 is 2.90 bits per heavy atom. The van der Waals surface area contributed by atoms with Gasteiger partial charge in [0.15, 0.2) is 10.8 Å². The highest BCUT2D eigenvalue weighted by Crippen LogP contribution is 2.44. The molecule has 1 aromatic carbocycles. The molecule has 0 bridgehead atoms. The van der Waals surface area contributed by atoms with Crippen LogP contribution in [0.15, 0.2) is 42.7 Å². The first kappa shape index (κ1) is 19.4. The molecule has 1 amide bonds. The molecule has 1 N–H and O–H groups in total. The summed E-state index contributed by atoms with van der Waals surface area (Å²) in [6, 6.07) is 9.04. The van der Waals surface area contributed by atoms with Gasteiger partial charge in [-0.3, -0.25) is 9.78 Å². The van der Waals surface area contributed by atoms with E-state index in [2.05, 4.69) is 20.1 Å². The van der Waals surface area contributed by atoms with Gasteiger partial charge in [-0.2, -0.15) is 5.10 Å². The lowest BCUT2D eigenvalue weighted by Crippen LogP contribution is -2.07. The van der Waals surface area contributed by atoms with E-state index in [1.807, 2.05) is 16.8 Å². The van der Waals surface area contributed by atoms with Crippen LogP contribution in [0.2, 0.25) is 5.02 Å². The monoisotopic (exact) mass is 446 g/mol. The van der Waals surface area contributed by atoms with Crippen molar-refractivity contribution in [3.63, 3.8) is 0 Å². The highest BCUT2D eigenvalue weighted by molar-refractivity contribution is 7.19. The molecule has 0 unspecified atom stereocenters. The summed E-state index contributed by atoms with van der Waals surface area (Å²) in [7, 11) is 0. The van der Waals surface area contributed by atoms with Crippen LogP contribution in [0.1, 0.15) is 18.2 Å². The summed E-state index contributed by atoms with van der Waals surface area (Å²) < 4.78 is 1.82. The van der Waals surface area contributed by atoms with Crippen LogP contribution >= 0.6 is 22.9 Å². The highest BCUT2D eigenvalue weighted by Gasteiger charge is 2.30. The minimum absolute atomic E-state index is 0.159. The fourth-order valence-electron chi connectivity index (χ4n) is 3.72. The largest absolute Gasteiger partial charge is 0.302 e. The third kappa shape index (κ3) is 3.38. The lowest BCUT2D eigenvalue weighted by atomic mass is 9.95. The van der Waals surface area contributed by atoms with Gasteiger partial charge in [0.05, 0.1) is 39.2 Å². The Balaban J connectivity index is 1.76. The number of halogens is 1. The van der Waals surface area contributed by atoms with Crippen molar-refractivity contribution in [2.45, 2.75) is 19.8 Å². The Morgan fingerprint density at radius 1 is 1.32 bits per heavy atom. The molecule has 3 aromatic heterocycles. The van der Waals surface area contributed by atoms with Crippen LogP contribution in [0.3, 0.4) is 0 Å². The van der Waals surface area contributed by atoms with Crippen molar-refractivity contribution < 1.29 is 4.79 Å². The van der Waals surface area contributed by atoms with Crippen LogP contribution in [0.25, 0.3) is 32.4 Å². The Bertz CT molecular complexity index is 1370. The van der Waals surface area contributed by atoms with Gasteiger partial charge in [0.2, 0.25) is 5.91 Å². The first-order chi connectivity index (χ1) is 15.0. The van der Waals surface area contributed by atoms with Crippen LogP contribution in [0.5, 0.6) is 0 Å². The zero-order chi connectivity index (χ0) is 21.5. The minimum atomic E-state index is -0.159. The molecule has 31 heavy (non-hydrogen) atoms. The average molecular weight is 447 g/mol. The maximum Gasteiger partial charge on any atom is 0.223 e. The van der Waals surface area contributed by atoms with E-state index in [-0.39, 0.29) is 5.91 Å². The van der Waals surface area contributed by atoms with E-state index in [0.29, 0.717) is 21.5 Å². The summed E-state index contributed by atoms with van der Waals surface area (Å²) >= 11 is 7.98. The predicted molar refractivity (Wildman–Crippen MR) is 121 cm³/mol. The zero-order valence-corrected chi connectivity index (χ0v) is 18.0. The third-order valence-electron chi connectivity index (χ3n) is 5.01. The molecule has 4 aromatic rings. The number of amides is 1. The number of pyridine rings is 1. The van der Waals surface area contributed by atoms with Gasteiger partial charge in [-0.25, -0.2) is 14.5 Å². The summed E-state index contributed by atoms with van der Waals surface area (Å²) in [5, 5.41) is 8.72. The average Bonchev–Trinajstić information content (AvgIpc) is 3.34. The lowest BCUT2D eigenvalue weighted by molar-refractivity contribution is -0.114. The maximum absolute atomic E-state index is 11.5. The summed E-state index contributed by atoms with van der Waals surface area (Å²) in [4.78, 5) is 24.8. The number of anilines is 1. The molecular formula is C22H15ClN6OS. The predicted octanol–water partition coefficient (Wildman–Crippen LogP) is 5.32. The number of nitrogens with one attached hydrogen (secondary N) is 1. The smallest absolute Gasteiger partial charge is 0.223 e. The van der Waals surface area contributed by atoms with E-state index in [9.17, 15) is 4.79 Å². The van der Waals surface area contributed by atoms with Crippen molar-refractivity contribution >= 4 is 39.7 Å². The van der Waals surface area contributed by atoms with Gasteiger partial charge in [0.25, 0.3) is 0 Å². The molecule has 9 heteroatoms. The summed E-state index contributed by atoms with van der Waals surface area (Å²) in [5.41, 5.74) is 5.83. The van der Waals surface area contributed by atoms with Gasteiger partial charge in [0, 0.05) is 30.4 Å². The Labute approximate surface area is 187 Å². The van der Waals surface area contributed by atoms with E-state index in [0.717, 1.165) is 45.9 Å². The zero-order valence-electron chi connectivity index (χ0n) is 16.4. The fraction of sp³-hybridized carbons (Fsp3) is 0.136. The van der Waals surface area contributed by atoms with E-state index >= 15 is 0 Å². The summed E-state index contributed by atoms with van der Waals surface area (Å²) in [5.74, 6) is -0.159. The van der Waals surface area contributed by atoms with Crippen molar-refractivity contribution in [1.82, 2.24) is 19.7 Å². The first-order valence-electron chi connectivity index (χ1n) is 9.52. The van der Waals surface area contributed by atoms with E-state index in [1.165, 1.54) is 18.3 Å². The van der Waals surface area contributed by atoms with Crippen LogP contribution in [0, 0.1) is 6.57 Å². The van der Waals surface area contributed by atoms with Crippen LogP contribution in [0.4, 0.5) is 10.8 Å². The normalized spacial score (nSPS) is 12.0. The second-order valence-electron chi connectivity index (χ2n) is 7.05. The molecule has 152 valence electrons. The number of hydrogen-bond acceptors (Lipinski definition) is 5. The molecule has 1 aliphatic carbocycles. The molecule has 1 aliphatic rings. The number of hydrogen-bond donors (Lipinski definition) is 1. The molecule has 0 radical (unpaired) electrons. The Kier molecular flexibility index (Phi) is 4.77.